The number of ether oxygens (including phenoxy) is 1. The average Bonchev–Trinajstić information content (AvgIpc) is 2.73. The van der Waals surface area contributed by atoms with E-state index in [2.05, 4.69) is 21.2 Å². The van der Waals surface area contributed by atoms with E-state index >= 15 is 0 Å². The summed E-state index contributed by atoms with van der Waals surface area (Å²) in [6.45, 7) is 1.95. The Bertz CT molecular complexity index is 714. The predicted molar refractivity (Wildman–Crippen MR) is 87.2 cm³/mol. The molecule has 0 saturated heterocycles. The van der Waals surface area contributed by atoms with Crippen LogP contribution >= 0.6 is 15.9 Å². The van der Waals surface area contributed by atoms with Crippen LogP contribution in [0.3, 0.4) is 0 Å². The van der Waals surface area contributed by atoms with E-state index < -0.39 is 5.54 Å². The lowest BCUT2D eigenvalue weighted by molar-refractivity contribution is 0.0929. The van der Waals surface area contributed by atoms with E-state index in [1.807, 2.05) is 49.4 Å². The molecule has 0 bridgehead atoms. The summed E-state index contributed by atoms with van der Waals surface area (Å²) in [5.41, 5.74) is 2.09. The molecule has 21 heavy (non-hydrogen) atoms. The molecule has 1 heterocycles. The van der Waals surface area contributed by atoms with Gasteiger partial charge in [-0.15, -0.1) is 0 Å². The number of methoxy groups -OCH3 is 1. The third kappa shape index (κ3) is 2.44. The molecule has 1 N–H and O–H groups in total. The van der Waals surface area contributed by atoms with Crippen LogP contribution in [-0.4, -0.2) is 18.4 Å². The van der Waals surface area contributed by atoms with Crippen LogP contribution in [0, 0.1) is 0 Å². The number of fused-ring (bicyclic) bond motifs is 1. The Balaban J connectivity index is 1.94. The molecular weight excluding hydrogens is 330 g/mol. The second kappa shape index (κ2) is 5.19. The first-order valence-electron chi connectivity index (χ1n) is 6.78. The first-order valence-corrected chi connectivity index (χ1v) is 7.57. The summed E-state index contributed by atoms with van der Waals surface area (Å²) in [7, 11) is 1.64. The molecule has 1 atom stereocenters. The summed E-state index contributed by atoms with van der Waals surface area (Å²) >= 11 is 3.55. The molecule has 0 aliphatic carbocycles. The zero-order valence-electron chi connectivity index (χ0n) is 11.9. The molecule has 2 aromatic carbocycles. The van der Waals surface area contributed by atoms with Crippen LogP contribution in [0.1, 0.15) is 22.8 Å². The Morgan fingerprint density at radius 2 is 2.00 bits per heavy atom. The standard InChI is InChI=1S/C17H16BrNO2/c1-17(10-11-9-12(21-2)7-8-14(11)18)16(20)13-5-3-4-6-15(13)19-17/h3-9,19H,10H2,1-2H3. The number of rotatable bonds is 3. The lowest BCUT2D eigenvalue weighted by atomic mass is 9.88. The second-order valence-corrected chi connectivity index (χ2v) is 6.32. The van der Waals surface area contributed by atoms with Gasteiger partial charge in [0.25, 0.3) is 0 Å². The number of halogens is 1. The normalized spacial score (nSPS) is 20.0. The third-order valence-corrected chi connectivity index (χ3v) is 4.65. The van der Waals surface area contributed by atoms with E-state index in [0.29, 0.717) is 6.42 Å². The fourth-order valence-corrected chi connectivity index (χ4v) is 3.15. The van der Waals surface area contributed by atoms with Crippen molar-refractivity contribution in [1.82, 2.24) is 0 Å². The number of carbonyl (C=O) groups is 1. The van der Waals surface area contributed by atoms with Crippen LogP contribution in [-0.2, 0) is 6.42 Å². The fourth-order valence-electron chi connectivity index (χ4n) is 2.76. The van der Waals surface area contributed by atoms with Gasteiger partial charge in [0.15, 0.2) is 5.78 Å². The molecule has 0 aromatic heterocycles. The maximum absolute atomic E-state index is 12.7. The van der Waals surface area contributed by atoms with Crippen LogP contribution in [0.5, 0.6) is 5.75 Å². The molecule has 0 amide bonds. The first kappa shape index (κ1) is 14.1. The minimum atomic E-state index is -0.626. The zero-order valence-corrected chi connectivity index (χ0v) is 13.5. The molecule has 4 heteroatoms. The number of benzene rings is 2. The number of para-hydroxylation sites is 1. The van der Waals surface area contributed by atoms with Gasteiger partial charge in [-0.1, -0.05) is 28.1 Å². The minimum absolute atomic E-state index is 0.132. The maximum Gasteiger partial charge on any atom is 0.190 e. The first-order chi connectivity index (χ1) is 10.0. The van der Waals surface area contributed by atoms with Crippen LogP contribution in [0.4, 0.5) is 5.69 Å². The monoisotopic (exact) mass is 345 g/mol. The van der Waals surface area contributed by atoms with Gasteiger partial charge in [0, 0.05) is 22.1 Å². The average molecular weight is 346 g/mol. The van der Waals surface area contributed by atoms with Gasteiger partial charge < -0.3 is 10.1 Å². The van der Waals surface area contributed by atoms with Gasteiger partial charge in [0.1, 0.15) is 11.3 Å². The van der Waals surface area contributed by atoms with Crippen molar-refractivity contribution < 1.29 is 9.53 Å². The quantitative estimate of drug-likeness (QED) is 0.911. The maximum atomic E-state index is 12.7. The summed E-state index contributed by atoms with van der Waals surface area (Å²) in [6, 6.07) is 13.5. The lowest BCUT2D eigenvalue weighted by Gasteiger charge is -2.24. The number of Topliss-reactive ketones (excluding diaryl/α,β-unsaturated/α-hetero) is 1. The Hall–Kier alpha value is -1.81. The number of hydrogen-bond acceptors (Lipinski definition) is 3. The SMILES string of the molecule is COc1ccc(Br)c(CC2(C)Nc3ccccc3C2=O)c1. The van der Waals surface area contributed by atoms with Gasteiger partial charge in [0.05, 0.1) is 7.11 Å². The van der Waals surface area contributed by atoms with Crippen molar-refractivity contribution in [3.8, 4) is 5.75 Å². The van der Waals surface area contributed by atoms with Crippen molar-refractivity contribution in [1.29, 1.82) is 0 Å². The Kier molecular flexibility index (Phi) is 3.49. The summed E-state index contributed by atoms with van der Waals surface area (Å²) < 4.78 is 6.25. The van der Waals surface area contributed by atoms with Gasteiger partial charge in [-0.3, -0.25) is 4.79 Å². The molecule has 0 saturated carbocycles. The number of ketones is 1. The molecular formula is C17H16BrNO2. The minimum Gasteiger partial charge on any atom is -0.497 e. The van der Waals surface area contributed by atoms with E-state index in [-0.39, 0.29) is 5.78 Å². The summed E-state index contributed by atoms with van der Waals surface area (Å²) in [5, 5.41) is 3.36. The van der Waals surface area contributed by atoms with Crippen molar-refractivity contribution in [2.75, 3.05) is 12.4 Å². The van der Waals surface area contributed by atoms with E-state index in [0.717, 1.165) is 27.0 Å². The molecule has 108 valence electrons. The third-order valence-electron chi connectivity index (χ3n) is 3.88. The van der Waals surface area contributed by atoms with E-state index in [9.17, 15) is 4.79 Å². The largest absolute Gasteiger partial charge is 0.497 e. The van der Waals surface area contributed by atoms with E-state index in [1.165, 1.54) is 0 Å². The Morgan fingerprint density at radius 1 is 1.24 bits per heavy atom. The highest BCUT2D eigenvalue weighted by molar-refractivity contribution is 9.10. The lowest BCUT2D eigenvalue weighted by Crippen LogP contribution is -2.40. The molecule has 1 aliphatic heterocycles. The van der Waals surface area contributed by atoms with Crippen LogP contribution in [0.2, 0.25) is 0 Å². The highest BCUT2D eigenvalue weighted by Crippen LogP contribution is 2.36. The van der Waals surface area contributed by atoms with Crippen molar-refractivity contribution in [2.45, 2.75) is 18.9 Å². The molecule has 1 aliphatic rings. The van der Waals surface area contributed by atoms with E-state index in [4.69, 9.17) is 4.74 Å². The van der Waals surface area contributed by atoms with Crippen molar-refractivity contribution in [3.05, 3.63) is 58.1 Å². The molecule has 3 nitrogen and oxygen atoms in total. The van der Waals surface area contributed by atoms with Gasteiger partial charge in [-0.25, -0.2) is 0 Å². The van der Waals surface area contributed by atoms with Crippen molar-refractivity contribution in [2.24, 2.45) is 0 Å². The molecule has 0 spiro atoms. The zero-order chi connectivity index (χ0) is 15.0. The van der Waals surface area contributed by atoms with Crippen molar-refractivity contribution >= 4 is 27.4 Å². The predicted octanol–water partition coefficient (Wildman–Crippen LogP) is 4.07. The summed E-state index contributed by atoms with van der Waals surface area (Å²) in [4.78, 5) is 12.7. The van der Waals surface area contributed by atoms with Gasteiger partial charge in [0.2, 0.25) is 0 Å². The number of carbonyl (C=O) groups excluding carboxylic acids is 1. The van der Waals surface area contributed by atoms with Gasteiger partial charge in [-0.05, 0) is 42.8 Å². The Labute approximate surface area is 132 Å². The second-order valence-electron chi connectivity index (χ2n) is 5.47. The van der Waals surface area contributed by atoms with E-state index in [1.54, 1.807) is 7.11 Å². The Morgan fingerprint density at radius 3 is 2.71 bits per heavy atom. The highest BCUT2D eigenvalue weighted by atomic mass is 79.9. The summed E-state index contributed by atoms with van der Waals surface area (Å²) in [5.74, 6) is 0.924. The van der Waals surface area contributed by atoms with Gasteiger partial charge >= 0.3 is 0 Å². The topological polar surface area (TPSA) is 38.3 Å². The number of hydrogen-bond donors (Lipinski definition) is 1. The molecule has 0 radical (unpaired) electrons. The summed E-state index contributed by atoms with van der Waals surface area (Å²) in [6.07, 6.45) is 0.596. The van der Waals surface area contributed by atoms with Crippen molar-refractivity contribution in [3.63, 3.8) is 0 Å². The van der Waals surface area contributed by atoms with Crippen LogP contribution in [0.15, 0.2) is 46.9 Å². The smallest absolute Gasteiger partial charge is 0.190 e. The molecule has 3 rings (SSSR count). The number of nitrogens with one attached hydrogen (secondary N) is 1. The van der Waals surface area contributed by atoms with Crippen LogP contribution < -0.4 is 10.1 Å². The van der Waals surface area contributed by atoms with Gasteiger partial charge in [-0.2, -0.15) is 0 Å². The van der Waals surface area contributed by atoms with Crippen LogP contribution in [0.25, 0.3) is 0 Å². The highest BCUT2D eigenvalue weighted by Gasteiger charge is 2.41. The fraction of sp³-hybridized carbons (Fsp3) is 0.235. The molecule has 0 fully saturated rings. The number of anilines is 1. The molecule has 2 aromatic rings. The molecule has 1 unspecified atom stereocenters.